The summed E-state index contributed by atoms with van der Waals surface area (Å²) in [4.78, 5) is 14.9. The van der Waals surface area contributed by atoms with Gasteiger partial charge >= 0.3 is 0 Å². The van der Waals surface area contributed by atoms with Crippen molar-refractivity contribution in [3.8, 4) is 0 Å². The van der Waals surface area contributed by atoms with Gasteiger partial charge in [0.2, 0.25) is 0 Å². The maximum absolute atomic E-state index is 12.9. The van der Waals surface area contributed by atoms with Crippen LogP contribution in [0, 0.1) is 11.8 Å². The van der Waals surface area contributed by atoms with Gasteiger partial charge in [-0.15, -0.1) is 0 Å². The first-order valence-corrected chi connectivity index (χ1v) is 8.85. The second-order valence-corrected chi connectivity index (χ2v) is 7.83. The molecule has 0 bridgehead atoms. The lowest BCUT2D eigenvalue weighted by atomic mass is 9.78. The molecule has 3 unspecified atom stereocenters. The van der Waals surface area contributed by atoms with Gasteiger partial charge in [0, 0.05) is 35.8 Å². The molecular formula is C16H22BrN3O. The van der Waals surface area contributed by atoms with Crippen LogP contribution in [-0.2, 0) is 0 Å². The Morgan fingerprint density at radius 3 is 2.76 bits per heavy atom. The summed E-state index contributed by atoms with van der Waals surface area (Å²) < 4.78 is 3.17. The Kier molecular flexibility index (Phi) is 3.38. The zero-order valence-corrected chi connectivity index (χ0v) is 13.8. The number of hydrogen-bond acceptors (Lipinski definition) is 2. The molecule has 2 heterocycles. The van der Waals surface area contributed by atoms with Crippen molar-refractivity contribution >= 4 is 21.8 Å². The van der Waals surface area contributed by atoms with Crippen LogP contribution in [0.1, 0.15) is 48.6 Å². The normalized spacial score (nSPS) is 32.3. The highest BCUT2D eigenvalue weighted by Crippen LogP contribution is 2.39. The zero-order valence-electron chi connectivity index (χ0n) is 12.2. The average Bonchev–Trinajstić information content (AvgIpc) is 3.08. The predicted molar refractivity (Wildman–Crippen MR) is 85.1 cm³/mol. The van der Waals surface area contributed by atoms with Gasteiger partial charge in [0.05, 0.1) is 0 Å². The fourth-order valence-corrected chi connectivity index (χ4v) is 4.55. The van der Waals surface area contributed by atoms with E-state index < -0.39 is 0 Å². The average molecular weight is 352 g/mol. The highest BCUT2D eigenvalue weighted by Gasteiger charge is 2.41. The molecule has 1 amide bonds. The molecule has 0 spiro atoms. The molecule has 21 heavy (non-hydrogen) atoms. The number of rotatable bonds is 2. The molecule has 2 saturated carbocycles. The molecule has 1 aromatic heterocycles. The number of amides is 1. The van der Waals surface area contributed by atoms with E-state index in [-0.39, 0.29) is 11.9 Å². The van der Waals surface area contributed by atoms with Crippen molar-refractivity contribution in [2.75, 3.05) is 13.1 Å². The lowest BCUT2D eigenvalue weighted by molar-refractivity contribution is 0.0772. The van der Waals surface area contributed by atoms with E-state index in [4.69, 9.17) is 5.73 Å². The van der Waals surface area contributed by atoms with Crippen LogP contribution in [0.2, 0.25) is 0 Å². The number of nitrogens with zero attached hydrogens (tertiary/aromatic N) is 2. The minimum Gasteiger partial charge on any atom is -0.339 e. The third-order valence-electron chi connectivity index (χ3n) is 5.42. The quantitative estimate of drug-likeness (QED) is 0.890. The molecule has 1 aliphatic heterocycles. The van der Waals surface area contributed by atoms with Crippen molar-refractivity contribution in [1.29, 1.82) is 0 Å². The Morgan fingerprint density at radius 2 is 2.05 bits per heavy atom. The molecule has 3 atom stereocenters. The fourth-order valence-electron chi connectivity index (χ4n) is 4.12. The summed E-state index contributed by atoms with van der Waals surface area (Å²) in [7, 11) is 0. The Balaban J connectivity index is 1.55. The van der Waals surface area contributed by atoms with Crippen LogP contribution in [0.5, 0.6) is 0 Å². The summed E-state index contributed by atoms with van der Waals surface area (Å²) in [6.07, 6.45) is 8.01. The number of aromatic nitrogens is 1. The molecule has 0 radical (unpaired) electrons. The fraction of sp³-hybridized carbons (Fsp3) is 0.688. The Hall–Kier alpha value is -0.810. The molecule has 114 valence electrons. The number of likely N-dealkylation sites (tertiary alicyclic amines) is 1. The van der Waals surface area contributed by atoms with E-state index in [1.165, 1.54) is 25.7 Å². The standard InChI is InChI=1S/C16H22BrN3O/c17-11-6-15(20(8-11)12-4-5-12)16(21)19-7-10-2-1-3-14(18)13(10)9-19/h6,8,10,12-14H,1-5,7,9,18H2. The van der Waals surface area contributed by atoms with Gasteiger partial charge in [-0.1, -0.05) is 6.42 Å². The summed E-state index contributed by atoms with van der Waals surface area (Å²) in [5.41, 5.74) is 7.11. The van der Waals surface area contributed by atoms with E-state index >= 15 is 0 Å². The van der Waals surface area contributed by atoms with Crippen molar-refractivity contribution in [1.82, 2.24) is 9.47 Å². The molecule has 1 saturated heterocycles. The van der Waals surface area contributed by atoms with Crippen LogP contribution < -0.4 is 5.73 Å². The maximum atomic E-state index is 12.9. The van der Waals surface area contributed by atoms with Gasteiger partial charge < -0.3 is 15.2 Å². The lowest BCUT2D eigenvalue weighted by Crippen LogP contribution is -2.38. The van der Waals surface area contributed by atoms with Gasteiger partial charge in [-0.25, -0.2) is 0 Å². The number of hydrogen-bond donors (Lipinski definition) is 1. The first-order chi connectivity index (χ1) is 10.1. The third kappa shape index (κ3) is 2.44. The summed E-state index contributed by atoms with van der Waals surface area (Å²) >= 11 is 3.52. The van der Waals surface area contributed by atoms with Crippen molar-refractivity contribution in [2.45, 2.75) is 44.2 Å². The van der Waals surface area contributed by atoms with Crippen LogP contribution in [-0.4, -0.2) is 34.5 Å². The van der Waals surface area contributed by atoms with Gasteiger partial charge in [0.1, 0.15) is 5.69 Å². The highest BCUT2D eigenvalue weighted by molar-refractivity contribution is 9.10. The zero-order chi connectivity index (χ0) is 14.6. The molecular weight excluding hydrogens is 330 g/mol. The molecule has 2 aliphatic carbocycles. The second kappa shape index (κ2) is 5.13. The first kappa shape index (κ1) is 13.8. The smallest absolute Gasteiger partial charge is 0.270 e. The molecule has 1 aromatic rings. The lowest BCUT2D eigenvalue weighted by Gasteiger charge is -2.29. The molecule has 2 N–H and O–H groups in total. The Bertz CT molecular complexity index is 566. The van der Waals surface area contributed by atoms with Crippen LogP contribution >= 0.6 is 15.9 Å². The summed E-state index contributed by atoms with van der Waals surface area (Å²) in [5.74, 6) is 1.31. The molecule has 4 nitrogen and oxygen atoms in total. The minimum absolute atomic E-state index is 0.189. The summed E-state index contributed by atoms with van der Waals surface area (Å²) in [6, 6.07) is 2.79. The van der Waals surface area contributed by atoms with Crippen LogP contribution in [0.3, 0.4) is 0 Å². The monoisotopic (exact) mass is 351 g/mol. The van der Waals surface area contributed by atoms with E-state index in [0.717, 1.165) is 29.7 Å². The number of halogens is 1. The van der Waals surface area contributed by atoms with E-state index in [1.807, 2.05) is 11.0 Å². The SMILES string of the molecule is NC1CCCC2CN(C(=O)c3cc(Br)cn3C3CC3)CC12. The topological polar surface area (TPSA) is 51.3 Å². The van der Waals surface area contributed by atoms with Crippen molar-refractivity contribution in [3.63, 3.8) is 0 Å². The number of carbonyl (C=O) groups is 1. The van der Waals surface area contributed by atoms with E-state index in [2.05, 4.69) is 26.7 Å². The van der Waals surface area contributed by atoms with Crippen LogP contribution in [0.15, 0.2) is 16.7 Å². The molecule has 0 aromatic carbocycles. The van der Waals surface area contributed by atoms with E-state index in [9.17, 15) is 4.79 Å². The molecule has 5 heteroatoms. The van der Waals surface area contributed by atoms with Gasteiger partial charge in [0.25, 0.3) is 5.91 Å². The molecule has 4 rings (SSSR count). The van der Waals surface area contributed by atoms with Crippen LogP contribution in [0.4, 0.5) is 0 Å². The Labute approximate surface area is 133 Å². The van der Waals surface area contributed by atoms with Gasteiger partial charge in [-0.3, -0.25) is 4.79 Å². The number of carbonyl (C=O) groups excluding carboxylic acids is 1. The summed E-state index contributed by atoms with van der Waals surface area (Å²) in [6.45, 7) is 1.74. The first-order valence-electron chi connectivity index (χ1n) is 8.05. The second-order valence-electron chi connectivity index (χ2n) is 6.91. The predicted octanol–water partition coefficient (Wildman–Crippen LogP) is 2.78. The molecule has 3 aliphatic rings. The van der Waals surface area contributed by atoms with Crippen molar-refractivity contribution in [3.05, 3.63) is 22.4 Å². The highest BCUT2D eigenvalue weighted by atomic mass is 79.9. The number of fused-ring (bicyclic) bond motifs is 1. The Morgan fingerprint density at radius 1 is 1.24 bits per heavy atom. The third-order valence-corrected chi connectivity index (χ3v) is 5.85. The van der Waals surface area contributed by atoms with Crippen molar-refractivity contribution in [2.24, 2.45) is 17.6 Å². The van der Waals surface area contributed by atoms with Gasteiger partial charge in [0.15, 0.2) is 0 Å². The molecule has 3 fully saturated rings. The summed E-state index contributed by atoms with van der Waals surface area (Å²) in [5, 5.41) is 0. The van der Waals surface area contributed by atoms with Gasteiger partial charge in [-0.05, 0) is 59.5 Å². The van der Waals surface area contributed by atoms with E-state index in [0.29, 0.717) is 17.9 Å². The number of nitrogens with two attached hydrogens (primary N) is 1. The largest absolute Gasteiger partial charge is 0.339 e. The minimum atomic E-state index is 0.189. The maximum Gasteiger partial charge on any atom is 0.270 e. The van der Waals surface area contributed by atoms with Crippen LogP contribution in [0.25, 0.3) is 0 Å². The van der Waals surface area contributed by atoms with Crippen molar-refractivity contribution < 1.29 is 4.79 Å². The van der Waals surface area contributed by atoms with Gasteiger partial charge in [-0.2, -0.15) is 0 Å². The van der Waals surface area contributed by atoms with E-state index in [1.54, 1.807) is 0 Å².